The summed E-state index contributed by atoms with van der Waals surface area (Å²) in [5.74, 6) is 1.16. The van der Waals surface area contributed by atoms with Crippen LogP contribution in [0, 0.1) is 12.8 Å². The number of hydrogen-bond donors (Lipinski definition) is 2. The zero-order chi connectivity index (χ0) is 21.0. The van der Waals surface area contributed by atoms with E-state index in [9.17, 15) is 18.0 Å². The second kappa shape index (κ2) is 8.62. The third-order valence-electron chi connectivity index (χ3n) is 4.92. The molecule has 0 unspecified atom stereocenters. The smallest absolute Gasteiger partial charge is 0.368 e. The molecule has 29 heavy (non-hydrogen) atoms. The van der Waals surface area contributed by atoms with Gasteiger partial charge in [-0.1, -0.05) is 18.2 Å². The quantitative estimate of drug-likeness (QED) is 0.790. The standard InChI is InChI=1S/C19H23F3N6O/c1-12-25-17(23)27-18(26-12)28-8-6-13(7-9-28)10-16(29)24-11-14-4-2-3-5-15(14)19(20,21)22/h2-5,13H,6-11H2,1H3,(H,24,29)(H2,23,25,26,27). The van der Waals surface area contributed by atoms with E-state index in [2.05, 4.69) is 20.3 Å². The summed E-state index contributed by atoms with van der Waals surface area (Å²) in [6, 6.07) is 5.27. The molecule has 1 aliphatic heterocycles. The zero-order valence-corrected chi connectivity index (χ0v) is 16.0. The Labute approximate surface area is 166 Å². The van der Waals surface area contributed by atoms with Crippen LogP contribution in [0.1, 0.15) is 36.2 Å². The third kappa shape index (κ3) is 5.55. The van der Waals surface area contributed by atoms with Crippen LogP contribution < -0.4 is 16.0 Å². The van der Waals surface area contributed by atoms with Gasteiger partial charge in [-0.25, -0.2) is 0 Å². The minimum atomic E-state index is -4.44. The summed E-state index contributed by atoms with van der Waals surface area (Å²) in [4.78, 5) is 26.6. The van der Waals surface area contributed by atoms with Crippen LogP contribution in [0.15, 0.2) is 24.3 Å². The summed E-state index contributed by atoms with van der Waals surface area (Å²) in [5, 5.41) is 2.61. The molecule has 1 fully saturated rings. The Morgan fingerprint density at radius 3 is 2.55 bits per heavy atom. The van der Waals surface area contributed by atoms with Crippen molar-refractivity contribution in [2.45, 2.75) is 38.9 Å². The van der Waals surface area contributed by atoms with E-state index >= 15 is 0 Å². The Bertz CT molecular complexity index is 845. The fourth-order valence-corrected chi connectivity index (χ4v) is 3.45. The van der Waals surface area contributed by atoms with Gasteiger partial charge in [0.1, 0.15) is 5.82 Å². The van der Waals surface area contributed by atoms with Crippen molar-refractivity contribution in [3.8, 4) is 0 Å². The number of aryl methyl sites for hydroxylation is 1. The largest absolute Gasteiger partial charge is 0.416 e. The minimum absolute atomic E-state index is 0.0611. The van der Waals surface area contributed by atoms with E-state index in [1.165, 1.54) is 18.2 Å². The van der Waals surface area contributed by atoms with Gasteiger partial charge in [0.25, 0.3) is 0 Å². The Kier molecular flexibility index (Phi) is 6.19. The van der Waals surface area contributed by atoms with Gasteiger partial charge in [-0.2, -0.15) is 28.1 Å². The molecule has 0 aliphatic carbocycles. The molecule has 7 nitrogen and oxygen atoms in total. The van der Waals surface area contributed by atoms with Crippen molar-refractivity contribution in [1.82, 2.24) is 20.3 Å². The molecule has 0 spiro atoms. The van der Waals surface area contributed by atoms with E-state index < -0.39 is 11.7 Å². The van der Waals surface area contributed by atoms with Crippen molar-refractivity contribution in [3.63, 3.8) is 0 Å². The SMILES string of the molecule is Cc1nc(N)nc(N2CCC(CC(=O)NCc3ccccc3C(F)(F)F)CC2)n1. The van der Waals surface area contributed by atoms with Crippen LogP contribution in [0.4, 0.5) is 25.1 Å². The summed E-state index contributed by atoms with van der Waals surface area (Å²) < 4.78 is 39.1. The molecular weight excluding hydrogens is 385 g/mol. The van der Waals surface area contributed by atoms with Gasteiger partial charge in [-0.05, 0) is 37.3 Å². The first-order valence-corrected chi connectivity index (χ1v) is 9.37. The predicted octanol–water partition coefficient (Wildman–Crippen LogP) is 2.70. The zero-order valence-electron chi connectivity index (χ0n) is 16.0. The van der Waals surface area contributed by atoms with Gasteiger partial charge < -0.3 is 16.0 Å². The molecule has 3 rings (SSSR count). The fraction of sp³-hybridized carbons (Fsp3) is 0.474. The number of amides is 1. The molecule has 2 heterocycles. The van der Waals surface area contributed by atoms with Crippen LogP contribution in [0.2, 0.25) is 0 Å². The number of nitrogens with one attached hydrogen (secondary N) is 1. The maximum atomic E-state index is 13.0. The van der Waals surface area contributed by atoms with Gasteiger partial charge in [0.05, 0.1) is 5.56 Å². The average molecular weight is 408 g/mol. The molecule has 0 saturated carbocycles. The number of nitrogen functional groups attached to an aromatic ring is 1. The van der Waals surface area contributed by atoms with E-state index in [0.29, 0.717) is 24.9 Å². The van der Waals surface area contributed by atoms with E-state index in [1.54, 1.807) is 6.92 Å². The van der Waals surface area contributed by atoms with Crippen LogP contribution in [0.3, 0.4) is 0 Å². The van der Waals surface area contributed by atoms with Crippen LogP contribution >= 0.6 is 0 Å². The molecule has 1 aromatic heterocycles. The number of halogens is 3. The lowest BCUT2D eigenvalue weighted by molar-refractivity contribution is -0.138. The number of benzene rings is 1. The lowest BCUT2D eigenvalue weighted by Gasteiger charge is -2.31. The molecule has 1 aromatic carbocycles. The highest BCUT2D eigenvalue weighted by molar-refractivity contribution is 5.76. The highest BCUT2D eigenvalue weighted by atomic mass is 19.4. The number of nitrogens with two attached hydrogens (primary N) is 1. The fourth-order valence-electron chi connectivity index (χ4n) is 3.45. The van der Waals surface area contributed by atoms with Crippen molar-refractivity contribution in [1.29, 1.82) is 0 Å². The summed E-state index contributed by atoms with van der Waals surface area (Å²) >= 11 is 0. The number of carbonyl (C=O) groups excluding carboxylic acids is 1. The molecule has 2 aromatic rings. The first-order valence-electron chi connectivity index (χ1n) is 9.37. The van der Waals surface area contributed by atoms with E-state index in [0.717, 1.165) is 18.9 Å². The second-order valence-electron chi connectivity index (χ2n) is 7.11. The third-order valence-corrected chi connectivity index (χ3v) is 4.92. The average Bonchev–Trinajstić information content (AvgIpc) is 2.66. The van der Waals surface area contributed by atoms with Crippen molar-refractivity contribution in [2.75, 3.05) is 23.7 Å². The Hall–Kier alpha value is -2.91. The Morgan fingerprint density at radius 1 is 1.21 bits per heavy atom. The maximum Gasteiger partial charge on any atom is 0.416 e. The number of anilines is 2. The second-order valence-corrected chi connectivity index (χ2v) is 7.11. The number of alkyl halides is 3. The van der Waals surface area contributed by atoms with Crippen LogP contribution in [0.25, 0.3) is 0 Å². The number of carbonyl (C=O) groups is 1. The van der Waals surface area contributed by atoms with Gasteiger partial charge in [-0.15, -0.1) is 0 Å². The monoisotopic (exact) mass is 408 g/mol. The molecule has 0 radical (unpaired) electrons. The van der Waals surface area contributed by atoms with Crippen LogP contribution in [-0.2, 0) is 17.5 Å². The molecule has 10 heteroatoms. The molecule has 0 atom stereocenters. The van der Waals surface area contributed by atoms with Gasteiger partial charge in [0.2, 0.25) is 17.8 Å². The summed E-state index contributed by atoms with van der Waals surface area (Å²) in [5.41, 5.74) is 5.01. The number of aromatic nitrogens is 3. The van der Waals surface area contributed by atoms with E-state index in [-0.39, 0.29) is 36.3 Å². The van der Waals surface area contributed by atoms with Crippen molar-refractivity contribution in [2.24, 2.45) is 5.92 Å². The van der Waals surface area contributed by atoms with Gasteiger partial charge in [-0.3, -0.25) is 4.79 Å². The summed E-state index contributed by atoms with van der Waals surface area (Å²) in [6.07, 6.45) is -2.64. The normalized spacial score (nSPS) is 15.4. The summed E-state index contributed by atoms with van der Waals surface area (Å²) in [6.45, 7) is 2.96. The molecule has 1 aliphatic rings. The molecule has 0 bridgehead atoms. The van der Waals surface area contributed by atoms with E-state index in [1.807, 2.05) is 4.90 Å². The number of piperidine rings is 1. The van der Waals surface area contributed by atoms with Gasteiger partial charge >= 0.3 is 6.18 Å². The van der Waals surface area contributed by atoms with Crippen molar-refractivity contribution >= 4 is 17.8 Å². The lowest BCUT2D eigenvalue weighted by Crippen LogP contribution is -2.37. The number of nitrogens with zero attached hydrogens (tertiary/aromatic N) is 4. The summed E-state index contributed by atoms with van der Waals surface area (Å²) in [7, 11) is 0. The van der Waals surface area contributed by atoms with Crippen molar-refractivity contribution in [3.05, 3.63) is 41.2 Å². The molecule has 3 N–H and O–H groups in total. The highest BCUT2D eigenvalue weighted by Gasteiger charge is 2.33. The minimum Gasteiger partial charge on any atom is -0.368 e. The van der Waals surface area contributed by atoms with E-state index in [4.69, 9.17) is 5.73 Å². The molecule has 1 saturated heterocycles. The van der Waals surface area contributed by atoms with Gasteiger partial charge in [0, 0.05) is 26.1 Å². The highest BCUT2D eigenvalue weighted by Crippen LogP contribution is 2.31. The number of rotatable bonds is 5. The van der Waals surface area contributed by atoms with Crippen LogP contribution in [0.5, 0.6) is 0 Å². The number of hydrogen-bond acceptors (Lipinski definition) is 6. The first kappa shape index (κ1) is 20.8. The van der Waals surface area contributed by atoms with Crippen LogP contribution in [-0.4, -0.2) is 33.9 Å². The topological polar surface area (TPSA) is 97.0 Å². The Balaban J connectivity index is 1.49. The molecule has 1 amide bonds. The molecular formula is C19H23F3N6O. The lowest BCUT2D eigenvalue weighted by atomic mass is 9.93. The maximum absolute atomic E-state index is 13.0. The van der Waals surface area contributed by atoms with Crippen molar-refractivity contribution < 1.29 is 18.0 Å². The Morgan fingerprint density at radius 2 is 1.90 bits per heavy atom. The predicted molar refractivity (Wildman–Crippen MR) is 102 cm³/mol. The first-order chi connectivity index (χ1) is 13.7. The molecule has 156 valence electrons. The van der Waals surface area contributed by atoms with Gasteiger partial charge in [0.15, 0.2) is 0 Å².